The first-order valence-electron chi connectivity index (χ1n) is 8.01. The zero-order chi connectivity index (χ0) is 18.4. The summed E-state index contributed by atoms with van der Waals surface area (Å²) in [4.78, 5) is 20.8. The number of rotatable bonds is 6. The number of nitrogens with zero attached hydrogens (tertiary/aromatic N) is 2. The molecule has 0 saturated carbocycles. The fourth-order valence-electron chi connectivity index (χ4n) is 2.37. The Labute approximate surface area is 155 Å². The molecule has 0 saturated heterocycles. The van der Waals surface area contributed by atoms with E-state index in [-0.39, 0.29) is 19.1 Å². The van der Waals surface area contributed by atoms with E-state index in [1.807, 2.05) is 18.2 Å². The number of carbonyl (C=O) groups excluding carboxylic acids is 1. The van der Waals surface area contributed by atoms with Crippen molar-refractivity contribution in [1.82, 2.24) is 15.3 Å². The second kappa shape index (κ2) is 8.42. The Morgan fingerprint density at radius 3 is 2.77 bits per heavy atom. The molecule has 0 aliphatic carbocycles. The Kier molecular flexibility index (Phi) is 5.78. The summed E-state index contributed by atoms with van der Waals surface area (Å²) in [7, 11) is 0. The number of hydrogen-bond acceptors (Lipinski definition) is 5. The fraction of sp³-hybridized carbons (Fsp3) is 0.105. The van der Waals surface area contributed by atoms with E-state index >= 15 is 0 Å². The van der Waals surface area contributed by atoms with Crippen LogP contribution in [0.4, 0.5) is 11.6 Å². The van der Waals surface area contributed by atoms with Gasteiger partial charge in [-0.15, -0.1) is 0 Å². The van der Waals surface area contributed by atoms with Gasteiger partial charge in [0.05, 0.1) is 12.3 Å². The number of aliphatic hydroxyl groups is 1. The molecule has 1 aromatic heterocycles. The zero-order valence-electron chi connectivity index (χ0n) is 13.8. The summed E-state index contributed by atoms with van der Waals surface area (Å²) in [5.74, 6) is 0.187. The molecule has 0 aliphatic heterocycles. The predicted molar refractivity (Wildman–Crippen MR) is 102 cm³/mol. The molecule has 2 aromatic carbocycles. The van der Waals surface area contributed by atoms with Crippen LogP contribution in [0, 0.1) is 0 Å². The molecule has 132 valence electrons. The summed E-state index contributed by atoms with van der Waals surface area (Å²) in [5.41, 5.74) is 2.75. The number of benzene rings is 2. The maximum absolute atomic E-state index is 12.0. The van der Waals surface area contributed by atoms with Crippen LogP contribution in [-0.4, -0.2) is 34.1 Å². The molecule has 3 N–H and O–H groups in total. The minimum Gasteiger partial charge on any atom is -0.395 e. The molecule has 0 unspecified atom stereocenters. The van der Waals surface area contributed by atoms with Gasteiger partial charge in [0.1, 0.15) is 0 Å². The van der Waals surface area contributed by atoms with Crippen molar-refractivity contribution in [3.8, 4) is 11.3 Å². The lowest BCUT2D eigenvalue weighted by molar-refractivity contribution is 0.0945. The standard InChI is InChI=1S/C19H17ClN4O2/c20-15-5-2-6-16(12-15)23-19-22-8-7-17(24-19)13-3-1-4-14(11-13)18(26)21-9-10-25/h1-8,11-12,25H,9-10H2,(H,21,26)(H,22,23,24). The van der Waals surface area contributed by atoms with Crippen LogP contribution < -0.4 is 10.6 Å². The summed E-state index contributed by atoms with van der Waals surface area (Å²) < 4.78 is 0. The highest BCUT2D eigenvalue weighted by atomic mass is 35.5. The van der Waals surface area contributed by atoms with Gasteiger partial charge in [0.15, 0.2) is 0 Å². The molecule has 0 radical (unpaired) electrons. The molecule has 0 bridgehead atoms. The Bertz CT molecular complexity index is 917. The average molecular weight is 369 g/mol. The van der Waals surface area contributed by atoms with Crippen LogP contribution in [0.5, 0.6) is 0 Å². The Morgan fingerprint density at radius 1 is 1.12 bits per heavy atom. The summed E-state index contributed by atoms with van der Waals surface area (Å²) in [6, 6.07) is 16.2. The molecule has 0 aliphatic rings. The maximum Gasteiger partial charge on any atom is 0.251 e. The van der Waals surface area contributed by atoms with Gasteiger partial charge >= 0.3 is 0 Å². The number of aliphatic hydroxyl groups excluding tert-OH is 1. The van der Waals surface area contributed by atoms with E-state index in [2.05, 4.69) is 20.6 Å². The van der Waals surface area contributed by atoms with Crippen molar-refractivity contribution in [1.29, 1.82) is 0 Å². The normalized spacial score (nSPS) is 10.4. The Hall–Kier alpha value is -2.96. The molecule has 7 heteroatoms. The topological polar surface area (TPSA) is 87.1 Å². The van der Waals surface area contributed by atoms with Crippen molar-refractivity contribution in [3.05, 3.63) is 71.4 Å². The van der Waals surface area contributed by atoms with Gasteiger partial charge in [-0.3, -0.25) is 4.79 Å². The summed E-state index contributed by atoms with van der Waals surface area (Å²) in [5, 5.41) is 15.2. The van der Waals surface area contributed by atoms with Crippen LogP contribution in [0.2, 0.25) is 5.02 Å². The van der Waals surface area contributed by atoms with Gasteiger partial charge in [-0.2, -0.15) is 0 Å². The van der Waals surface area contributed by atoms with E-state index in [1.165, 1.54) is 0 Å². The highest BCUT2D eigenvalue weighted by molar-refractivity contribution is 6.30. The van der Waals surface area contributed by atoms with Gasteiger partial charge in [-0.25, -0.2) is 9.97 Å². The first kappa shape index (κ1) is 17.8. The molecular weight excluding hydrogens is 352 g/mol. The molecule has 1 heterocycles. The van der Waals surface area contributed by atoms with E-state index in [9.17, 15) is 4.79 Å². The van der Waals surface area contributed by atoms with Crippen LogP contribution in [-0.2, 0) is 0 Å². The SMILES string of the molecule is O=C(NCCO)c1cccc(-c2ccnc(Nc3cccc(Cl)c3)n2)c1. The lowest BCUT2D eigenvalue weighted by atomic mass is 10.1. The third-order valence-corrected chi connectivity index (χ3v) is 3.79. The van der Waals surface area contributed by atoms with Gasteiger partial charge in [-0.1, -0.05) is 29.8 Å². The number of carbonyl (C=O) groups is 1. The quantitative estimate of drug-likeness (QED) is 0.621. The molecule has 1 amide bonds. The highest BCUT2D eigenvalue weighted by Gasteiger charge is 2.08. The largest absolute Gasteiger partial charge is 0.395 e. The van der Waals surface area contributed by atoms with Crippen LogP contribution >= 0.6 is 11.6 Å². The van der Waals surface area contributed by atoms with Crippen molar-refractivity contribution >= 4 is 29.1 Å². The van der Waals surface area contributed by atoms with Crippen LogP contribution in [0.3, 0.4) is 0 Å². The molecule has 0 atom stereocenters. The average Bonchev–Trinajstić information content (AvgIpc) is 2.66. The molecule has 0 fully saturated rings. The molecule has 3 rings (SSSR count). The Balaban J connectivity index is 1.82. The lowest BCUT2D eigenvalue weighted by Crippen LogP contribution is -2.26. The molecule has 26 heavy (non-hydrogen) atoms. The van der Waals surface area contributed by atoms with Crippen LogP contribution in [0.15, 0.2) is 60.8 Å². The number of halogens is 1. The van der Waals surface area contributed by atoms with Crippen LogP contribution in [0.25, 0.3) is 11.3 Å². The van der Waals surface area contributed by atoms with Crippen molar-refractivity contribution in [2.45, 2.75) is 0 Å². The van der Waals surface area contributed by atoms with Crippen LogP contribution in [0.1, 0.15) is 10.4 Å². The molecule has 0 spiro atoms. The maximum atomic E-state index is 12.0. The summed E-state index contributed by atoms with van der Waals surface area (Å²) >= 11 is 5.99. The van der Waals surface area contributed by atoms with Crippen molar-refractivity contribution < 1.29 is 9.90 Å². The van der Waals surface area contributed by atoms with Gasteiger partial charge in [0.2, 0.25) is 5.95 Å². The summed E-state index contributed by atoms with van der Waals surface area (Å²) in [6.45, 7) is 0.111. The lowest BCUT2D eigenvalue weighted by Gasteiger charge is -2.08. The van der Waals surface area contributed by atoms with E-state index in [0.29, 0.717) is 22.2 Å². The third kappa shape index (κ3) is 4.56. The van der Waals surface area contributed by atoms with E-state index in [4.69, 9.17) is 16.7 Å². The third-order valence-electron chi connectivity index (χ3n) is 3.55. The smallest absolute Gasteiger partial charge is 0.251 e. The van der Waals surface area contributed by atoms with E-state index < -0.39 is 0 Å². The monoisotopic (exact) mass is 368 g/mol. The molecule has 6 nitrogen and oxygen atoms in total. The summed E-state index contributed by atoms with van der Waals surface area (Å²) in [6.07, 6.45) is 1.65. The van der Waals surface area contributed by atoms with E-state index in [1.54, 1.807) is 42.6 Å². The molecular formula is C19H17ClN4O2. The number of nitrogens with one attached hydrogen (secondary N) is 2. The number of hydrogen-bond donors (Lipinski definition) is 3. The van der Waals surface area contributed by atoms with Crippen molar-refractivity contribution in [2.75, 3.05) is 18.5 Å². The first-order valence-corrected chi connectivity index (χ1v) is 8.38. The predicted octanol–water partition coefficient (Wildman–Crippen LogP) is 3.26. The van der Waals surface area contributed by atoms with Gasteiger partial charge in [0, 0.05) is 34.6 Å². The second-order valence-electron chi connectivity index (χ2n) is 5.46. The highest BCUT2D eigenvalue weighted by Crippen LogP contribution is 2.22. The second-order valence-corrected chi connectivity index (χ2v) is 5.90. The fourth-order valence-corrected chi connectivity index (χ4v) is 2.56. The van der Waals surface area contributed by atoms with Gasteiger partial charge in [-0.05, 0) is 36.4 Å². The number of anilines is 2. The first-order chi connectivity index (χ1) is 12.7. The van der Waals surface area contributed by atoms with Crippen molar-refractivity contribution in [2.24, 2.45) is 0 Å². The molecule has 3 aromatic rings. The van der Waals surface area contributed by atoms with E-state index in [0.717, 1.165) is 11.3 Å². The number of amides is 1. The number of aromatic nitrogens is 2. The minimum absolute atomic E-state index is 0.101. The van der Waals surface area contributed by atoms with Gasteiger partial charge < -0.3 is 15.7 Å². The Morgan fingerprint density at radius 2 is 1.96 bits per heavy atom. The zero-order valence-corrected chi connectivity index (χ0v) is 14.6. The van der Waals surface area contributed by atoms with Gasteiger partial charge in [0.25, 0.3) is 5.91 Å². The van der Waals surface area contributed by atoms with Crippen molar-refractivity contribution in [3.63, 3.8) is 0 Å². The minimum atomic E-state index is -0.243.